The van der Waals surface area contributed by atoms with Crippen LogP contribution in [0.2, 0.25) is 0 Å². The van der Waals surface area contributed by atoms with Crippen LogP contribution in [0.5, 0.6) is 34.5 Å². The molecule has 184 valence electrons. The van der Waals surface area contributed by atoms with Gasteiger partial charge < -0.3 is 60.2 Å². The van der Waals surface area contributed by atoms with Crippen molar-refractivity contribution in [1.29, 1.82) is 0 Å². The van der Waals surface area contributed by atoms with Crippen LogP contribution in [0.1, 0.15) is 20.7 Å². The highest BCUT2D eigenvalue weighted by Gasteiger charge is 2.56. The number of carbonyl (C=O) groups excluding carboxylic acids is 2. The number of hydrogen-bond acceptors (Lipinski definition) is 14. The Morgan fingerprint density at radius 3 is 1.65 bits per heavy atom. The highest BCUT2D eigenvalue weighted by atomic mass is 16.7. The number of benzene rings is 2. The molecular weight excluding hydrogens is 464 g/mol. The SMILES string of the molecule is O=C(OC[C@H]1O[C@H](O)[C@](O)(COC(=O)c2cc(O)c(O)c(O)c2)[C@H]1O)c1cc(O)c(O)c(O)c1. The van der Waals surface area contributed by atoms with Crippen LogP contribution in [0, 0.1) is 0 Å². The first-order valence-corrected chi connectivity index (χ1v) is 9.43. The van der Waals surface area contributed by atoms with Crippen molar-refractivity contribution in [3.8, 4) is 34.5 Å². The number of hydrogen-bond donors (Lipinski definition) is 9. The molecule has 1 aliphatic rings. The molecule has 2 aromatic rings. The van der Waals surface area contributed by atoms with Crippen LogP contribution in [0.4, 0.5) is 0 Å². The van der Waals surface area contributed by atoms with Gasteiger partial charge in [0, 0.05) is 0 Å². The molecule has 0 amide bonds. The van der Waals surface area contributed by atoms with Gasteiger partial charge >= 0.3 is 11.9 Å². The summed E-state index contributed by atoms with van der Waals surface area (Å²) in [6.07, 6.45) is -5.53. The molecule has 0 aliphatic carbocycles. The maximum absolute atomic E-state index is 12.1. The lowest BCUT2D eigenvalue weighted by Crippen LogP contribution is -2.52. The van der Waals surface area contributed by atoms with Crippen molar-refractivity contribution in [1.82, 2.24) is 0 Å². The average molecular weight is 484 g/mol. The monoisotopic (exact) mass is 484 g/mol. The summed E-state index contributed by atoms with van der Waals surface area (Å²) in [6.45, 7) is -1.75. The van der Waals surface area contributed by atoms with Crippen LogP contribution in [0.15, 0.2) is 24.3 Å². The van der Waals surface area contributed by atoms with Crippen molar-refractivity contribution < 1.29 is 69.8 Å². The molecule has 14 nitrogen and oxygen atoms in total. The Hall–Kier alpha value is -3.98. The van der Waals surface area contributed by atoms with Gasteiger partial charge in [0.15, 0.2) is 46.4 Å². The Labute approximate surface area is 189 Å². The van der Waals surface area contributed by atoms with Crippen molar-refractivity contribution in [2.45, 2.75) is 24.1 Å². The van der Waals surface area contributed by atoms with E-state index in [0.717, 1.165) is 24.3 Å². The zero-order valence-corrected chi connectivity index (χ0v) is 17.0. The fourth-order valence-corrected chi connectivity index (χ4v) is 3.06. The van der Waals surface area contributed by atoms with E-state index >= 15 is 0 Å². The van der Waals surface area contributed by atoms with E-state index in [2.05, 4.69) is 0 Å². The first-order chi connectivity index (χ1) is 15.8. The Bertz CT molecular complexity index is 1070. The van der Waals surface area contributed by atoms with Gasteiger partial charge in [-0.05, 0) is 24.3 Å². The number of phenolic OH excluding ortho intramolecular Hbond substituents is 6. The Balaban J connectivity index is 1.63. The fourth-order valence-electron chi connectivity index (χ4n) is 3.06. The van der Waals surface area contributed by atoms with Crippen LogP contribution < -0.4 is 0 Å². The van der Waals surface area contributed by atoms with E-state index in [9.17, 15) is 55.5 Å². The third-order valence-electron chi connectivity index (χ3n) is 5.02. The number of aromatic hydroxyl groups is 6. The Morgan fingerprint density at radius 1 is 0.794 bits per heavy atom. The molecule has 1 saturated heterocycles. The first-order valence-electron chi connectivity index (χ1n) is 9.43. The average Bonchev–Trinajstić information content (AvgIpc) is 3.00. The zero-order chi connectivity index (χ0) is 25.4. The molecule has 0 saturated carbocycles. The van der Waals surface area contributed by atoms with Crippen molar-refractivity contribution >= 4 is 11.9 Å². The molecule has 0 spiro atoms. The largest absolute Gasteiger partial charge is 0.504 e. The summed E-state index contributed by atoms with van der Waals surface area (Å²) in [6, 6.07) is 3.13. The molecule has 14 heteroatoms. The first kappa shape index (κ1) is 24.7. The van der Waals surface area contributed by atoms with E-state index in [4.69, 9.17) is 14.2 Å². The molecule has 34 heavy (non-hydrogen) atoms. The van der Waals surface area contributed by atoms with Gasteiger partial charge in [-0.15, -0.1) is 0 Å². The van der Waals surface area contributed by atoms with E-state index in [1.54, 1.807) is 0 Å². The topological polar surface area (TPSA) is 244 Å². The van der Waals surface area contributed by atoms with Gasteiger partial charge in [0.25, 0.3) is 0 Å². The van der Waals surface area contributed by atoms with E-state index in [1.807, 2.05) is 0 Å². The van der Waals surface area contributed by atoms with Gasteiger partial charge in [-0.2, -0.15) is 0 Å². The number of ether oxygens (including phenoxy) is 3. The summed E-state index contributed by atoms with van der Waals surface area (Å²) in [4.78, 5) is 24.2. The molecule has 9 N–H and O–H groups in total. The maximum Gasteiger partial charge on any atom is 0.338 e. The summed E-state index contributed by atoms with van der Waals surface area (Å²) in [7, 11) is 0. The van der Waals surface area contributed by atoms with E-state index in [-0.39, 0.29) is 5.56 Å². The fraction of sp³-hybridized carbons (Fsp3) is 0.300. The third kappa shape index (κ3) is 4.55. The maximum atomic E-state index is 12.1. The van der Waals surface area contributed by atoms with Crippen molar-refractivity contribution in [3.05, 3.63) is 35.4 Å². The van der Waals surface area contributed by atoms with Crippen molar-refractivity contribution in [2.24, 2.45) is 0 Å². The third-order valence-corrected chi connectivity index (χ3v) is 5.02. The predicted molar refractivity (Wildman–Crippen MR) is 105 cm³/mol. The number of aliphatic hydroxyl groups is 3. The number of phenols is 6. The summed E-state index contributed by atoms with van der Waals surface area (Å²) in [5.74, 6) is -7.31. The zero-order valence-electron chi connectivity index (χ0n) is 17.0. The molecule has 1 aliphatic heterocycles. The highest BCUT2D eigenvalue weighted by Crippen LogP contribution is 2.37. The summed E-state index contributed by atoms with van der Waals surface area (Å²) in [5.41, 5.74) is -3.36. The molecule has 4 atom stereocenters. The van der Waals surface area contributed by atoms with Gasteiger partial charge in [-0.3, -0.25) is 0 Å². The summed E-state index contributed by atoms with van der Waals surface area (Å²) < 4.78 is 14.6. The van der Waals surface area contributed by atoms with E-state index in [0.29, 0.717) is 0 Å². The van der Waals surface area contributed by atoms with Gasteiger partial charge in [0.2, 0.25) is 0 Å². The smallest absolute Gasteiger partial charge is 0.338 e. The molecule has 2 aromatic carbocycles. The minimum absolute atomic E-state index is 0.370. The van der Waals surface area contributed by atoms with Crippen LogP contribution in [0.3, 0.4) is 0 Å². The number of carbonyl (C=O) groups is 2. The molecule has 0 bridgehead atoms. The van der Waals surface area contributed by atoms with Gasteiger partial charge in [0.1, 0.15) is 25.4 Å². The number of aliphatic hydroxyl groups excluding tert-OH is 2. The minimum Gasteiger partial charge on any atom is -0.504 e. The second kappa shape index (κ2) is 9.11. The van der Waals surface area contributed by atoms with Gasteiger partial charge in [-0.1, -0.05) is 0 Å². The molecule has 0 radical (unpaired) electrons. The lowest BCUT2D eigenvalue weighted by molar-refractivity contribution is -0.191. The van der Waals surface area contributed by atoms with E-state index in [1.165, 1.54) is 0 Å². The highest BCUT2D eigenvalue weighted by molar-refractivity contribution is 5.91. The lowest BCUT2D eigenvalue weighted by Gasteiger charge is -2.27. The molecule has 0 aromatic heterocycles. The van der Waals surface area contributed by atoms with Gasteiger partial charge in [-0.25, -0.2) is 9.59 Å². The number of rotatable bonds is 6. The second-order valence-electron chi connectivity index (χ2n) is 7.36. The van der Waals surface area contributed by atoms with Crippen LogP contribution >= 0.6 is 0 Å². The summed E-state index contributed by atoms with van der Waals surface area (Å²) >= 11 is 0. The van der Waals surface area contributed by atoms with Crippen LogP contribution in [-0.4, -0.2) is 95.2 Å². The number of esters is 2. The van der Waals surface area contributed by atoms with Crippen molar-refractivity contribution in [2.75, 3.05) is 13.2 Å². The lowest BCUT2D eigenvalue weighted by atomic mass is 9.96. The molecule has 1 heterocycles. The molecule has 1 fully saturated rings. The standard InChI is InChI=1S/C20H20O14/c21-9-1-7(2-10(22)14(9)25)17(28)32-5-13-16(27)20(31,19(30)34-13)6-33-18(29)8-3-11(23)15(26)12(24)4-8/h1-4,13,16,19,21-27,30-31H,5-6H2/t13-,16+,19+,20+/m1/s1. The van der Waals surface area contributed by atoms with Gasteiger partial charge in [0.05, 0.1) is 11.1 Å². The van der Waals surface area contributed by atoms with E-state index < -0.39 is 89.3 Å². The minimum atomic E-state index is -2.57. The molecule has 3 rings (SSSR count). The van der Waals surface area contributed by atoms with Crippen molar-refractivity contribution in [3.63, 3.8) is 0 Å². The Morgan fingerprint density at radius 2 is 1.21 bits per heavy atom. The normalized spacial score (nSPS) is 24.0. The molecular formula is C20H20O14. The van der Waals surface area contributed by atoms with Crippen LogP contribution in [-0.2, 0) is 14.2 Å². The predicted octanol–water partition coefficient (Wildman–Crippen LogP) is -1.26. The second-order valence-corrected chi connectivity index (χ2v) is 7.36. The Kier molecular flexibility index (Phi) is 6.60. The summed E-state index contributed by atoms with van der Waals surface area (Å²) in [5, 5.41) is 87.4. The van der Waals surface area contributed by atoms with Crippen LogP contribution in [0.25, 0.3) is 0 Å². The quantitative estimate of drug-likeness (QED) is 0.172. The molecule has 0 unspecified atom stereocenters.